The molecule has 0 aromatic heterocycles. The Morgan fingerprint density at radius 1 is 1.22 bits per heavy atom. The predicted octanol–water partition coefficient (Wildman–Crippen LogP) is 3.64. The number of benzene rings is 2. The number of anilines is 1. The summed E-state index contributed by atoms with van der Waals surface area (Å²) in [5.41, 5.74) is 1.04. The Morgan fingerprint density at radius 3 is 2.56 bits per heavy atom. The van der Waals surface area contributed by atoms with Gasteiger partial charge >= 0.3 is 6.03 Å². The first kappa shape index (κ1) is 19.2. The van der Waals surface area contributed by atoms with Gasteiger partial charge in [-0.15, -0.1) is 0 Å². The molecule has 1 heterocycles. The Bertz CT molecular complexity index is 865. The molecule has 27 heavy (non-hydrogen) atoms. The summed E-state index contributed by atoms with van der Waals surface area (Å²) < 4.78 is 22.9. The van der Waals surface area contributed by atoms with Crippen LogP contribution in [0.15, 0.2) is 47.4 Å². The third-order valence-electron chi connectivity index (χ3n) is 4.32. The van der Waals surface area contributed by atoms with Gasteiger partial charge in [-0.1, -0.05) is 0 Å². The lowest BCUT2D eigenvalue weighted by atomic mass is 10.1. The van der Waals surface area contributed by atoms with Crippen molar-refractivity contribution in [3.05, 3.63) is 48.0 Å². The van der Waals surface area contributed by atoms with Gasteiger partial charge in [0.2, 0.25) is 0 Å². The number of urea groups is 1. The van der Waals surface area contributed by atoms with Crippen LogP contribution < -0.4 is 14.8 Å². The monoisotopic (exact) mass is 388 g/mol. The number of hydrogen-bond donors (Lipinski definition) is 1. The molecule has 1 aliphatic heterocycles. The minimum atomic E-state index is -1.04. The van der Waals surface area contributed by atoms with Crippen molar-refractivity contribution in [3.63, 3.8) is 0 Å². The molecule has 7 heteroatoms. The number of amides is 2. The van der Waals surface area contributed by atoms with Gasteiger partial charge < -0.3 is 19.7 Å². The van der Waals surface area contributed by atoms with Crippen molar-refractivity contribution < 1.29 is 18.5 Å². The highest BCUT2D eigenvalue weighted by Gasteiger charge is 2.31. The van der Waals surface area contributed by atoms with Gasteiger partial charge in [0.25, 0.3) is 0 Å². The second-order valence-electron chi connectivity index (χ2n) is 7.10. The van der Waals surface area contributed by atoms with E-state index in [9.17, 15) is 9.00 Å². The molecule has 0 spiro atoms. The summed E-state index contributed by atoms with van der Waals surface area (Å²) in [6, 6.07) is 12.4. The zero-order chi connectivity index (χ0) is 19.6. The molecule has 3 rings (SSSR count). The van der Waals surface area contributed by atoms with E-state index in [-0.39, 0.29) is 6.03 Å². The van der Waals surface area contributed by atoms with E-state index in [1.54, 1.807) is 42.5 Å². The Morgan fingerprint density at radius 2 is 1.93 bits per heavy atom. The SMILES string of the molecule is COc1ccc2c(c1)OC(C)(C)CN(C(=O)Nc1ccc(S(C)=O)cc1)C2. The van der Waals surface area contributed by atoms with E-state index < -0.39 is 16.4 Å². The molecule has 0 radical (unpaired) electrons. The van der Waals surface area contributed by atoms with Crippen molar-refractivity contribution in [3.8, 4) is 11.5 Å². The van der Waals surface area contributed by atoms with Crippen LogP contribution in [0.25, 0.3) is 0 Å². The number of fused-ring (bicyclic) bond motifs is 1. The Kier molecular flexibility index (Phi) is 5.41. The first-order valence-corrected chi connectivity index (χ1v) is 10.2. The molecule has 0 saturated heterocycles. The molecule has 0 bridgehead atoms. The highest BCUT2D eigenvalue weighted by atomic mass is 32.2. The number of nitrogens with zero attached hydrogens (tertiary/aromatic N) is 1. The van der Waals surface area contributed by atoms with Crippen molar-refractivity contribution in [1.82, 2.24) is 4.90 Å². The minimum absolute atomic E-state index is 0.208. The number of nitrogens with one attached hydrogen (secondary N) is 1. The van der Waals surface area contributed by atoms with E-state index in [0.717, 1.165) is 22.0 Å². The molecule has 144 valence electrons. The van der Waals surface area contributed by atoms with E-state index in [2.05, 4.69) is 5.32 Å². The molecule has 0 saturated carbocycles. The fourth-order valence-corrected chi connectivity index (χ4v) is 3.53. The summed E-state index contributed by atoms with van der Waals surface area (Å²) in [6.07, 6.45) is 1.62. The lowest BCUT2D eigenvalue weighted by Crippen LogP contribution is -2.44. The Hall–Kier alpha value is -2.54. The maximum Gasteiger partial charge on any atom is 0.322 e. The molecule has 1 atom stereocenters. The average Bonchev–Trinajstić information content (AvgIpc) is 2.75. The summed E-state index contributed by atoms with van der Waals surface area (Å²) in [7, 11) is 0.569. The summed E-state index contributed by atoms with van der Waals surface area (Å²) >= 11 is 0. The van der Waals surface area contributed by atoms with E-state index in [1.165, 1.54) is 0 Å². The fourth-order valence-electron chi connectivity index (χ4n) is 3.01. The van der Waals surface area contributed by atoms with Gasteiger partial charge in [0.1, 0.15) is 17.1 Å². The molecule has 1 unspecified atom stereocenters. The van der Waals surface area contributed by atoms with Crippen molar-refractivity contribution in [1.29, 1.82) is 0 Å². The van der Waals surface area contributed by atoms with Gasteiger partial charge in [-0.05, 0) is 50.2 Å². The lowest BCUT2D eigenvalue weighted by Gasteiger charge is -2.29. The van der Waals surface area contributed by atoms with Gasteiger partial charge in [-0.25, -0.2) is 4.79 Å². The van der Waals surface area contributed by atoms with Crippen molar-refractivity contribution >= 4 is 22.5 Å². The van der Waals surface area contributed by atoms with Crippen LogP contribution in [0.3, 0.4) is 0 Å². The number of carbonyl (C=O) groups is 1. The van der Waals surface area contributed by atoms with E-state index >= 15 is 0 Å². The van der Waals surface area contributed by atoms with Crippen LogP contribution in [0.2, 0.25) is 0 Å². The average molecular weight is 388 g/mol. The first-order chi connectivity index (χ1) is 12.8. The molecule has 2 aromatic carbocycles. The summed E-state index contributed by atoms with van der Waals surface area (Å²) in [5, 5.41) is 2.90. The quantitative estimate of drug-likeness (QED) is 0.872. The van der Waals surface area contributed by atoms with Gasteiger partial charge in [0.15, 0.2) is 0 Å². The van der Waals surface area contributed by atoms with Crippen molar-refractivity contribution in [2.45, 2.75) is 30.9 Å². The van der Waals surface area contributed by atoms with Crippen molar-refractivity contribution in [2.24, 2.45) is 0 Å². The number of hydrogen-bond acceptors (Lipinski definition) is 4. The smallest absolute Gasteiger partial charge is 0.322 e. The van der Waals surface area contributed by atoms with Crippen LogP contribution in [0.4, 0.5) is 10.5 Å². The molecule has 2 amide bonds. The topological polar surface area (TPSA) is 67.9 Å². The minimum Gasteiger partial charge on any atom is -0.497 e. The summed E-state index contributed by atoms with van der Waals surface area (Å²) in [5.74, 6) is 1.44. The third-order valence-corrected chi connectivity index (χ3v) is 5.25. The molecule has 0 fully saturated rings. The molecule has 6 nitrogen and oxygen atoms in total. The summed E-state index contributed by atoms with van der Waals surface area (Å²) in [6.45, 7) is 4.78. The predicted molar refractivity (Wildman–Crippen MR) is 106 cm³/mol. The van der Waals surface area contributed by atoms with E-state index in [4.69, 9.17) is 9.47 Å². The maximum atomic E-state index is 12.8. The third kappa shape index (κ3) is 4.60. The molecular formula is C20H24N2O4S. The van der Waals surface area contributed by atoms with Gasteiger partial charge in [0.05, 0.1) is 20.2 Å². The number of methoxy groups -OCH3 is 1. The van der Waals surface area contributed by atoms with Crippen LogP contribution in [0.5, 0.6) is 11.5 Å². The number of rotatable bonds is 3. The zero-order valence-electron chi connectivity index (χ0n) is 15.9. The molecule has 0 aliphatic carbocycles. The second kappa shape index (κ2) is 7.60. The van der Waals surface area contributed by atoms with Gasteiger partial charge in [-0.3, -0.25) is 4.21 Å². The normalized spacial score (nSPS) is 16.5. The van der Waals surface area contributed by atoms with Crippen LogP contribution in [-0.2, 0) is 17.3 Å². The highest BCUT2D eigenvalue weighted by Crippen LogP contribution is 2.32. The molecule has 2 aromatic rings. The van der Waals surface area contributed by atoms with Crippen molar-refractivity contribution in [2.75, 3.05) is 25.2 Å². The van der Waals surface area contributed by atoms with Crippen LogP contribution in [-0.4, -0.2) is 40.7 Å². The zero-order valence-corrected chi connectivity index (χ0v) is 16.8. The molecule has 1 aliphatic rings. The molecule has 1 N–H and O–H groups in total. The Balaban J connectivity index is 1.80. The Labute approximate surface area is 161 Å². The lowest BCUT2D eigenvalue weighted by molar-refractivity contribution is 0.0833. The first-order valence-electron chi connectivity index (χ1n) is 8.63. The standard InChI is InChI=1S/C20H24N2O4S/c1-20(2)13-22(12-14-5-8-16(25-3)11-18(14)26-20)19(23)21-15-6-9-17(10-7-15)27(4)24/h5-11H,12-13H2,1-4H3,(H,21,23). The van der Waals surface area contributed by atoms with E-state index in [1.807, 2.05) is 32.0 Å². The summed E-state index contributed by atoms with van der Waals surface area (Å²) in [4.78, 5) is 15.3. The van der Waals surface area contributed by atoms with Gasteiger partial charge in [-0.2, -0.15) is 0 Å². The number of ether oxygens (including phenoxy) is 2. The van der Waals surface area contributed by atoms with Crippen LogP contribution in [0, 0.1) is 0 Å². The molecular weight excluding hydrogens is 364 g/mol. The van der Waals surface area contributed by atoms with Crippen LogP contribution >= 0.6 is 0 Å². The fraction of sp³-hybridized carbons (Fsp3) is 0.350. The second-order valence-corrected chi connectivity index (χ2v) is 8.48. The maximum absolute atomic E-state index is 12.8. The highest BCUT2D eigenvalue weighted by molar-refractivity contribution is 7.84. The van der Waals surface area contributed by atoms with Gasteiger partial charge in [0, 0.05) is 39.3 Å². The largest absolute Gasteiger partial charge is 0.497 e. The van der Waals surface area contributed by atoms with E-state index in [0.29, 0.717) is 18.8 Å². The number of carbonyl (C=O) groups excluding carboxylic acids is 1. The van der Waals surface area contributed by atoms with Crippen LogP contribution in [0.1, 0.15) is 19.4 Å².